The van der Waals surface area contributed by atoms with Gasteiger partial charge in [0.2, 0.25) is 6.29 Å². The average molecular weight is 338 g/mol. The van der Waals surface area contributed by atoms with E-state index in [1.165, 1.54) is 0 Å². The van der Waals surface area contributed by atoms with Crippen molar-refractivity contribution in [1.82, 2.24) is 0 Å². The molecule has 4 nitrogen and oxygen atoms in total. The van der Waals surface area contributed by atoms with E-state index in [9.17, 15) is 4.79 Å². The molecule has 1 heterocycles. The highest BCUT2D eigenvalue weighted by atomic mass is 16.7. The minimum Gasteiger partial charge on any atom is -0.457 e. The number of rotatable bonds is 6. The molecule has 0 amide bonds. The smallest absolute Gasteiger partial charge is 0.312 e. The van der Waals surface area contributed by atoms with Crippen LogP contribution in [0.3, 0.4) is 0 Å². The van der Waals surface area contributed by atoms with E-state index < -0.39 is 6.29 Å². The molecule has 3 atom stereocenters. The number of hydrogen-bond acceptors (Lipinski definition) is 4. The normalized spacial score (nSPS) is 26.0. The minimum absolute atomic E-state index is 0.0140. The van der Waals surface area contributed by atoms with Gasteiger partial charge in [0.15, 0.2) is 0 Å². The number of cyclic esters (lactones) is 1. The summed E-state index contributed by atoms with van der Waals surface area (Å²) in [6.07, 6.45) is 0.356. The lowest BCUT2D eigenvalue weighted by molar-refractivity contribution is -0.175. The van der Waals surface area contributed by atoms with Crippen molar-refractivity contribution >= 4 is 5.97 Å². The van der Waals surface area contributed by atoms with Crippen LogP contribution in [0.2, 0.25) is 0 Å². The van der Waals surface area contributed by atoms with E-state index in [-0.39, 0.29) is 23.2 Å². The van der Waals surface area contributed by atoms with Crippen molar-refractivity contribution in [3.05, 3.63) is 60.2 Å². The predicted octanol–water partition coefficient (Wildman–Crippen LogP) is 4.19. The molecule has 0 aromatic heterocycles. The van der Waals surface area contributed by atoms with Crippen LogP contribution in [0, 0.1) is 17.3 Å². The number of hydrogen-bond donors (Lipinski definition) is 0. The van der Waals surface area contributed by atoms with Crippen LogP contribution >= 0.6 is 0 Å². The first kappa shape index (κ1) is 16.2. The fourth-order valence-electron chi connectivity index (χ4n) is 3.72. The Balaban J connectivity index is 1.32. The van der Waals surface area contributed by atoms with Crippen LogP contribution in [0.15, 0.2) is 54.6 Å². The predicted molar refractivity (Wildman–Crippen MR) is 93.3 cm³/mol. The zero-order chi connectivity index (χ0) is 17.4. The molecule has 0 bridgehead atoms. The van der Waals surface area contributed by atoms with Crippen molar-refractivity contribution in [2.45, 2.75) is 26.6 Å². The first-order chi connectivity index (χ1) is 12.1. The third-order valence-electron chi connectivity index (χ3n) is 5.24. The molecule has 2 fully saturated rings. The van der Waals surface area contributed by atoms with E-state index in [0.717, 1.165) is 23.5 Å². The molecule has 0 N–H and O–H groups in total. The molecule has 1 aliphatic heterocycles. The molecule has 1 saturated carbocycles. The first-order valence-electron chi connectivity index (χ1n) is 8.69. The fourth-order valence-corrected chi connectivity index (χ4v) is 3.72. The van der Waals surface area contributed by atoms with Crippen LogP contribution in [0.4, 0.5) is 0 Å². The van der Waals surface area contributed by atoms with Gasteiger partial charge in [-0.3, -0.25) is 4.79 Å². The van der Waals surface area contributed by atoms with E-state index in [1.54, 1.807) is 0 Å². The van der Waals surface area contributed by atoms with Crippen molar-refractivity contribution < 1.29 is 19.0 Å². The molecule has 2 aromatic carbocycles. The van der Waals surface area contributed by atoms with E-state index in [0.29, 0.717) is 6.61 Å². The highest BCUT2D eigenvalue weighted by Crippen LogP contribution is 2.64. The second-order valence-electron chi connectivity index (χ2n) is 7.31. The Kier molecular flexibility index (Phi) is 4.00. The minimum atomic E-state index is -0.392. The summed E-state index contributed by atoms with van der Waals surface area (Å²) in [6.45, 7) is 4.72. The van der Waals surface area contributed by atoms with E-state index in [1.807, 2.05) is 54.6 Å². The van der Waals surface area contributed by atoms with Gasteiger partial charge < -0.3 is 14.2 Å². The zero-order valence-corrected chi connectivity index (χ0v) is 14.5. The highest BCUT2D eigenvalue weighted by molar-refractivity contribution is 5.80. The molecule has 4 heteroatoms. The Bertz CT molecular complexity index is 768. The Morgan fingerprint density at radius 3 is 2.52 bits per heavy atom. The summed E-state index contributed by atoms with van der Waals surface area (Å²) in [6, 6.07) is 17.7. The molecule has 1 saturated heterocycles. The second kappa shape index (κ2) is 6.19. The Morgan fingerprint density at radius 2 is 1.80 bits per heavy atom. The lowest BCUT2D eigenvalue weighted by Crippen LogP contribution is -2.23. The summed E-state index contributed by atoms with van der Waals surface area (Å²) >= 11 is 0. The average Bonchev–Trinajstić information content (AvgIpc) is 2.99. The lowest BCUT2D eigenvalue weighted by atomic mass is 10.1. The molecular weight excluding hydrogens is 316 g/mol. The van der Waals surface area contributed by atoms with Crippen molar-refractivity contribution in [2.75, 3.05) is 6.61 Å². The van der Waals surface area contributed by atoms with E-state index in [2.05, 4.69) is 13.8 Å². The zero-order valence-electron chi connectivity index (χ0n) is 14.5. The number of carbonyl (C=O) groups is 1. The molecule has 4 rings (SSSR count). The SMILES string of the molecule is CC1(C)[C@H]2[C@H](OCCc3cccc(Oc4ccccc4)c3)OC(=O)[C@H]21. The van der Waals surface area contributed by atoms with Crippen LogP contribution in [-0.2, 0) is 20.7 Å². The van der Waals surface area contributed by atoms with Gasteiger partial charge >= 0.3 is 5.97 Å². The number of para-hydroxylation sites is 1. The first-order valence-corrected chi connectivity index (χ1v) is 8.69. The quantitative estimate of drug-likeness (QED) is 0.741. The Hall–Kier alpha value is -2.33. The topological polar surface area (TPSA) is 44.8 Å². The van der Waals surface area contributed by atoms with Gasteiger partial charge in [-0.05, 0) is 41.7 Å². The fraction of sp³-hybridized carbons (Fsp3) is 0.381. The van der Waals surface area contributed by atoms with Crippen molar-refractivity contribution in [1.29, 1.82) is 0 Å². The number of fused-ring (bicyclic) bond motifs is 1. The third kappa shape index (κ3) is 3.14. The van der Waals surface area contributed by atoms with Crippen molar-refractivity contribution in [3.8, 4) is 11.5 Å². The van der Waals surface area contributed by atoms with Gasteiger partial charge in [0.1, 0.15) is 11.5 Å². The molecule has 0 unspecified atom stereocenters. The standard InChI is InChI=1S/C21H22O4/c1-21(2)17-18(21)20(25-19(17)22)23-12-11-14-7-6-10-16(13-14)24-15-8-4-3-5-9-15/h3-10,13,17-18,20H,11-12H2,1-2H3/t17-,18+,20+/m0/s1. The Morgan fingerprint density at radius 1 is 1.04 bits per heavy atom. The molecular formula is C21H22O4. The van der Waals surface area contributed by atoms with Gasteiger partial charge in [0.05, 0.1) is 12.5 Å². The van der Waals surface area contributed by atoms with Gasteiger partial charge in [-0.1, -0.05) is 44.2 Å². The van der Waals surface area contributed by atoms with Gasteiger partial charge in [0, 0.05) is 5.92 Å². The summed E-state index contributed by atoms with van der Waals surface area (Å²) in [5.74, 6) is 1.72. The van der Waals surface area contributed by atoms with E-state index in [4.69, 9.17) is 14.2 Å². The van der Waals surface area contributed by atoms with Crippen LogP contribution in [-0.4, -0.2) is 18.9 Å². The highest BCUT2D eigenvalue weighted by Gasteiger charge is 2.71. The lowest BCUT2D eigenvalue weighted by Gasteiger charge is -2.18. The monoisotopic (exact) mass is 338 g/mol. The van der Waals surface area contributed by atoms with Crippen molar-refractivity contribution in [2.24, 2.45) is 17.3 Å². The molecule has 2 aromatic rings. The van der Waals surface area contributed by atoms with Crippen LogP contribution in [0.25, 0.3) is 0 Å². The molecule has 25 heavy (non-hydrogen) atoms. The Labute approximate surface area is 147 Å². The maximum atomic E-state index is 11.8. The van der Waals surface area contributed by atoms with Gasteiger partial charge in [-0.2, -0.15) is 0 Å². The maximum Gasteiger partial charge on any atom is 0.312 e. The number of carbonyl (C=O) groups excluding carboxylic acids is 1. The molecule has 2 aliphatic rings. The summed E-state index contributed by atoms with van der Waals surface area (Å²) < 4.78 is 17.0. The van der Waals surface area contributed by atoms with Crippen LogP contribution in [0.5, 0.6) is 11.5 Å². The molecule has 0 radical (unpaired) electrons. The molecule has 130 valence electrons. The number of benzene rings is 2. The van der Waals surface area contributed by atoms with Crippen LogP contribution in [0.1, 0.15) is 19.4 Å². The summed E-state index contributed by atoms with van der Waals surface area (Å²) in [7, 11) is 0. The number of ether oxygens (including phenoxy) is 3. The van der Waals surface area contributed by atoms with Crippen molar-refractivity contribution in [3.63, 3.8) is 0 Å². The van der Waals surface area contributed by atoms with Crippen LogP contribution < -0.4 is 4.74 Å². The second-order valence-corrected chi connectivity index (χ2v) is 7.31. The summed E-state index contributed by atoms with van der Waals surface area (Å²) in [5, 5.41) is 0. The summed E-state index contributed by atoms with van der Waals surface area (Å²) in [4.78, 5) is 11.8. The van der Waals surface area contributed by atoms with E-state index >= 15 is 0 Å². The van der Waals surface area contributed by atoms with Gasteiger partial charge in [-0.15, -0.1) is 0 Å². The maximum absolute atomic E-state index is 11.8. The third-order valence-corrected chi connectivity index (χ3v) is 5.24. The molecule has 1 aliphatic carbocycles. The van der Waals surface area contributed by atoms with Gasteiger partial charge in [0.25, 0.3) is 0 Å². The summed E-state index contributed by atoms with van der Waals surface area (Å²) in [5.41, 5.74) is 1.15. The largest absolute Gasteiger partial charge is 0.457 e. The van der Waals surface area contributed by atoms with Gasteiger partial charge in [-0.25, -0.2) is 0 Å². The molecule has 0 spiro atoms. The number of esters is 1.